The zero-order valence-corrected chi connectivity index (χ0v) is 20.9. The van der Waals surface area contributed by atoms with Crippen LogP contribution in [0, 0.1) is 11.3 Å². The molecule has 2 unspecified atom stereocenters. The van der Waals surface area contributed by atoms with Crippen molar-refractivity contribution < 1.29 is 35.3 Å². The molecule has 0 aromatic heterocycles. The van der Waals surface area contributed by atoms with E-state index in [2.05, 4.69) is 0 Å². The van der Waals surface area contributed by atoms with E-state index in [-0.39, 0.29) is 22.8 Å². The van der Waals surface area contributed by atoms with Crippen molar-refractivity contribution in [3.63, 3.8) is 0 Å². The number of carbonyl (C=O) groups excluding carboxylic acids is 1. The van der Waals surface area contributed by atoms with Crippen LogP contribution >= 0.6 is 0 Å². The molecule has 0 spiro atoms. The van der Waals surface area contributed by atoms with Gasteiger partial charge in [-0.3, -0.25) is 4.79 Å². The van der Waals surface area contributed by atoms with Gasteiger partial charge < -0.3 is 8.92 Å². The summed E-state index contributed by atoms with van der Waals surface area (Å²) in [5.74, 6) is -1.32. The molecule has 0 radical (unpaired) electrons. The van der Waals surface area contributed by atoms with E-state index < -0.39 is 34.6 Å². The minimum atomic E-state index is -4.27. The van der Waals surface area contributed by atoms with E-state index in [4.69, 9.17) is 8.92 Å². The number of rotatable bonds is 7. The zero-order chi connectivity index (χ0) is 25.9. The Kier molecular flexibility index (Phi) is 8.32. The lowest BCUT2D eigenvalue weighted by Crippen LogP contribution is -2.39. The lowest BCUT2D eigenvalue weighted by Gasteiger charge is -2.36. The third-order valence-corrected chi connectivity index (χ3v) is 7.36. The van der Waals surface area contributed by atoms with E-state index in [0.29, 0.717) is 25.9 Å². The predicted molar refractivity (Wildman–Crippen MR) is 126 cm³/mol. The van der Waals surface area contributed by atoms with Crippen molar-refractivity contribution in [1.29, 1.82) is 0 Å². The number of benzene rings is 2. The number of carbonyl (C=O) groups is 1. The van der Waals surface area contributed by atoms with Crippen LogP contribution in [0.15, 0.2) is 53.4 Å². The molecular formula is C26H31F3O5S. The van der Waals surface area contributed by atoms with Gasteiger partial charge in [0.2, 0.25) is 0 Å². The minimum absolute atomic E-state index is 0.0267. The van der Waals surface area contributed by atoms with Crippen LogP contribution in [0.5, 0.6) is 0 Å². The van der Waals surface area contributed by atoms with E-state index in [1.54, 1.807) is 36.4 Å². The summed E-state index contributed by atoms with van der Waals surface area (Å²) in [5, 5.41) is 0. The lowest BCUT2D eigenvalue weighted by atomic mass is 9.81. The molecule has 5 nitrogen and oxygen atoms in total. The molecule has 2 atom stereocenters. The Morgan fingerprint density at radius 3 is 2.11 bits per heavy atom. The number of halogens is 3. The molecule has 0 aliphatic carbocycles. The maximum Gasteiger partial charge on any atom is 0.389 e. The van der Waals surface area contributed by atoms with Crippen molar-refractivity contribution in [2.24, 2.45) is 11.3 Å². The van der Waals surface area contributed by atoms with Crippen LogP contribution in [-0.4, -0.2) is 33.3 Å². The van der Waals surface area contributed by atoms with Gasteiger partial charge in [-0.25, -0.2) is 0 Å². The molecule has 35 heavy (non-hydrogen) atoms. The molecule has 0 bridgehead atoms. The Hall–Kier alpha value is -2.39. The van der Waals surface area contributed by atoms with Crippen LogP contribution in [0.4, 0.5) is 13.2 Å². The Morgan fingerprint density at radius 2 is 1.57 bits per heavy atom. The SMILES string of the molecule is CC(C)(C)C1CC(C(=O)OS(=O)(=O)c2ccc(-c3ccc(CCCC(F)(F)F)cc3)cc2)CCO1. The molecule has 1 fully saturated rings. The second-order valence-corrected chi connectivity index (χ2v) is 11.5. The molecule has 1 aliphatic rings. The molecule has 2 aromatic carbocycles. The molecule has 1 saturated heterocycles. The van der Waals surface area contributed by atoms with Gasteiger partial charge in [-0.15, -0.1) is 0 Å². The maximum absolute atomic E-state index is 12.7. The van der Waals surface area contributed by atoms with Crippen LogP contribution in [-0.2, 0) is 30.3 Å². The average molecular weight is 513 g/mol. The lowest BCUT2D eigenvalue weighted by molar-refractivity contribution is -0.146. The summed E-state index contributed by atoms with van der Waals surface area (Å²) >= 11 is 0. The minimum Gasteiger partial charge on any atom is -0.378 e. The first kappa shape index (κ1) is 27.2. The van der Waals surface area contributed by atoms with Gasteiger partial charge in [0.1, 0.15) is 4.90 Å². The van der Waals surface area contributed by atoms with Gasteiger partial charge in [-0.2, -0.15) is 21.6 Å². The Bertz CT molecular complexity index is 1100. The number of aryl methyl sites for hydroxylation is 1. The van der Waals surface area contributed by atoms with Crippen molar-refractivity contribution in [3.05, 3.63) is 54.1 Å². The van der Waals surface area contributed by atoms with E-state index >= 15 is 0 Å². The molecule has 2 aromatic rings. The molecule has 0 amide bonds. The smallest absolute Gasteiger partial charge is 0.378 e. The van der Waals surface area contributed by atoms with Crippen molar-refractivity contribution >= 4 is 16.1 Å². The Morgan fingerprint density at radius 1 is 1.00 bits per heavy atom. The molecule has 1 aliphatic heterocycles. The van der Waals surface area contributed by atoms with Gasteiger partial charge in [0, 0.05) is 13.0 Å². The van der Waals surface area contributed by atoms with Crippen molar-refractivity contribution in [2.45, 2.75) is 70.1 Å². The van der Waals surface area contributed by atoms with Crippen molar-refractivity contribution in [3.8, 4) is 11.1 Å². The summed E-state index contributed by atoms with van der Waals surface area (Å²) in [7, 11) is -4.27. The second-order valence-electron chi connectivity index (χ2n) is 9.99. The molecule has 0 N–H and O–H groups in total. The average Bonchev–Trinajstić information content (AvgIpc) is 2.78. The molecule has 192 valence electrons. The highest BCUT2D eigenvalue weighted by molar-refractivity contribution is 7.87. The summed E-state index contributed by atoms with van der Waals surface area (Å²) in [4.78, 5) is 12.5. The van der Waals surface area contributed by atoms with Crippen LogP contribution < -0.4 is 0 Å². The highest BCUT2D eigenvalue weighted by atomic mass is 32.2. The van der Waals surface area contributed by atoms with Gasteiger partial charge in [0.05, 0.1) is 12.0 Å². The van der Waals surface area contributed by atoms with E-state index in [1.807, 2.05) is 20.8 Å². The summed E-state index contributed by atoms with van der Waals surface area (Å²) < 4.78 is 72.9. The van der Waals surface area contributed by atoms with Crippen LogP contribution in [0.1, 0.15) is 52.0 Å². The first-order valence-corrected chi connectivity index (χ1v) is 13.0. The monoisotopic (exact) mass is 512 g/mol. The van der Waals surface area contributed by atoms with Crippen molar-refractivity contribution in [2.75, 3.05) is 6.61 Å². The topological polar surface area (TPSA) is 69.7 Å². The molecular weight excluding hydrogens is 481 g/mol. The molecule has 0 saturated carbocycles. The third kappa shape index (κ3) is 7.80. The highest BCUT2D eigenvalue weighted by Crippen LogP contribution is 2.33. The molecule has 9 heteroatoms. The van der Waals surface area contributed by atoms with Crippen LogP contribution in [0.25, 0.3) is 11.1 Å². The van der Waals surface area contributed by atoms with E-state index in [9.17, 15) is 26.4 Å². The first-order valence-electron chi connectivity index (χ1n) is 11.6. The summed E-state index contributed by atoms with van der Waals surface area (Å²) in [5.41, 5.74) is 2.15. The summed E-state index contributed by atoms with van der Waals surface area (Å²) in [6.45, 7) is 6.39. The second kappa shape index (κ2) is 10.7. The largest absolute Gasteiger partial charge is 0.389 e. The van der Waals surface area contributed by atoms with Crippen molar-refractivity contribution in [1.82, 2.24) is 0 Å². The fraction of sp³-hybridized carbons (Fsp3) is 0.500. The van der Waals surface area contributed by atoms with Gasteiger partial charge in [0.25, 0.3) is 0 Å². The Balaban J connectivity index is 1.62. The summed E-state index contributed by atoms with van der Waals surface area (Å²) in [6.07, 6.45) is -3.97. The van der Waals surface area contributed by atoms with E-state index in [1.165, 1.54) is 12.1 Å². The normalized spacial score (nSPS) is 19.4. The van der Waals surface area contributed by atoms with E-state index in [0.717, 1.165) is 16.7 Å². The van der Waals surface area contributed by atoms with Gasteiger partial charge in [-0.1, -0.05) is 57.2 Å². The zero-order valence-electron chi connectivity index (χ0n) is 20.1. The molecule has 3 rings (SSSR count). The number of hydrogen-bond donors (Lipinski definition) is 0. The van der Waals surface area contributed by atoms with Crippen LogP contribution in [0.2, 0.25) is 0 Å². The quantitative estimate of drug-likeness (QED) is 0.407. The summed E-state index contributed by atoms with van der Waals surface area (Å²) in [6, 6.07) is 13.0. The standard InChI is InChI=1S/C26H31F3O5S/c1-25(2,3)23-17-21(14-16-33-23)24(30)34-35(31,32)22-12-10-20(11-13-22)19-8-6-18(7-9-19)5-4-15-26(27,28)29/h6-13,21,23H,4-5,14-17H2,1-3H3. The Labute approximate surface area is 204 Å². The van der Waals surface area contributed by atoms with Gasteiger partial charge in [0.15, 0.2) is 0 Å². The van der Waals surface area contributed by atoms with Crippen LogP contribution in [0.3, 0.4) is 0 Å². The van der Waals surface area contributed by atoms with Gasteiger partial charge in [-0.05, 0) is 59.9 Å². The van der Waals surface area contributed by atoms with Gasteiger partial charge >= 0.3 is 22.3 Å². The third-order valence-electron chi connectivity index (χ3n) is 6.13. The maximum atomic E-state index is 12.7. The number of alkyl halides is 3. The number of ether oxygens (including phenoxy) is 1. The predicted octanol–water partition coefficient (Wildman–Crippen LogP) is 6.31. The fourth-order valence-corrected chi connectivity index (χ4v) is 4.93. The fourth-order valence-electron chi connectivity index (χ4n) is 4.01. The first-order chi connectivity index (χ1) is 16.2. The highest BCUT2D eigenvalue weighted by Gasteiger charge is 2.37. The number of hydrogen-bond acceptors (Lipinski definition) is 5. The molecule has 1 heterocycles.